The lowest BCUT2D eigenvalue weighted by Crippen LogP contribution is -2.70. The Kier molecular flexibility index (Phi) is 13.0. The fourth-order valence-electron chi connectivity index (χ4n) is 5.00. The number of hydrogen-bond acceptors (Lipinski definition) is 17. The van der Waals surface area contributed by atoms with Crippen LogP contribution in [-0.4, -0.2) is 166 Å². The first-order chi connectivity index (χ1) is 20.1. The molecule has 3 aliphatic rings. The van der Waals surface area contributed by atoms with Gasteiger partial charge in [-0.2, -0.15) is 8.42 Å². The Hall–Kier alpha value is -1.18. The van der Waals surface area contributed by atoms with Gasteiger partial charge < -0.3 is 69.5 Å². The molecule has 20 heteroatoms. The molecule has 3 rings (SSSR count). The van der Waals surface area contributed by atoms with Gasteiger partial charge in [-0.3, -0.25) is 9.35 Å². The van der Waals surface area contributed by atoms with Gasteiger partial charge in [0.1, 0.15) is 67.1 Å². The van der Waals surface area contributed by atoms with Crippen LogP contribution in [0.5, 0.6) is 0 Å². The largest absolute Gasteiger partial charge is 0.397 e. The Bertz CT molecular complexity index is 1000. The number of amides is 1. The summed E-state index contributed by atoms with van der Waals surface area (Å²) in [5.41, 5.74) is 0. The zero-order valence-corrected chi connectivity index (χ0v) is 24.4. The second-order valence-corrected chi connectivity index (χ2v) is 11.4. The zero-order valence-electron chi connectivity index (χ0n) is 23.6. The quantitative estimate of drug-likeness (QED) is 0.0891. The first kappa shape index (κ1) is 36.3. The van der Waals surface area contributed by atoms with E-state index in [4.69, 9.17) is 33.0 Å². The summed E-state index contributed by atoms with van der Waals surface area (Å²) in [6.45, 7) is 2.75. The van der Waals surface area contributed by atoms with Gasteiger partial charge in [-0.25, -0.2) is 4.18 Å². The Morgan fingerprint density at radius 1 is 0.791 bits per heavy atom. The van der Waals surface area contributed by atoms with Gasteiger partial charge in [-0.15, -0.1) is 0 Å². The molecule has 0 spiro atoms. The summed E-state index contributed by atoms with van der Waals surface area (Å²) in [6.07, 6.45) is -22.8. The van der Waals surface area contributed by atoms with E-state index in [-0.39, 0.29) is 6.61 Å². The average Bonchev–Trinajstić information content (AvgIpc) is 2.94. The highest BCUT2D eigenvalue weighted by molar-refractivity contribution is 7.80. The predicted molar refractivity (Wildman–Crippen MR) is 136 cm³/mol. The lowest BCUT2D eigenvalue weighted by atomic mass is 9.94. The fraction of sp³-hybridized carbons (Fsp3) is 0.957. The van der Waals surface area contributed by atoms with Crippen molar-refractivity contribution in [2.75, 3.05) is 19.8 Å². The third kappa shape index (κ3) is 8.76. The van der Waals surface area contributed by atoms with Crippen molar-refractivity contribution in [2.24, 2.45) is 0 Å². The summed E-state index contributed by atoms with van der Waals surface area (Å²) in [5.74, 6) is -0.610. The maximum Gasteiger partial charge on any atom is 0.397 e. The summed E-state index contributed by atoms with van der Waals surface area (Å²) in [7, 11) is -5.24. The van der Waals surface area contributed by atoms with Crippen LogP contribution in [0.4, 0.5) is 0 Å². The minimum atomic E-state index is -5.24. The molecular weight excluding hydrogens is 610 g/mol. The molecule has 1 amide bonds. The van der Waals surface area contributed by atoms with E-state index in [2.05, 4.69) is 9.50 Å². The van der Waals surface area contributed by atoms with E-state index in [9.17, 15) is 49.0 Å². The van der Waals surface area contributed by atoms with Gasteiger partial charge in [0, 0.05) is 13.5 Å². The van der Waals surface area contributed by atoms with Crippen LogP contribution in [0.1, 0.15) is 27.2 Å². The zero-order chi connectivity index (χ0) is 32.2. The maximum absolute atomic E-state index is 12.2. The first-order valence-corrected chi connectivity index (χ1v) is 14.9. The van der Waals surface area contributed by atoms with Crippen LogP contribution in [-0.2, 0) is 47.8 Å². The number of carbonyl (C=O) groups excluding carboxylic acids is 1. The van der Waals surface area contributed by atoms with Gasteiger partial charge in [-0.05, 0) is 13.3 Å². The predicted octanol–water partition coefficient (Wildman–Crippen LogP) is -5.14. The lowest BCUT2D eigenvalue weighted by molar-refractivity contribution is -0.372. The molecule has 252 valence electrons. The second-order valence-electron chi connectivity index (χ2n) is 10.4. The molecule has 0 aromatic heterocycles. The molecule has 0 unspecified atom stereocenters. The van der Waals surface area contributed by atoms with Crippen molar-refractivity contribution in [1.82, 2.24) is 5.32 Å². The highest BCUT2D eigenvalue weighted by Gasteiger charge is 2.55. The third-order valence-corrected chi connectivity index (χ3v) is 7.59. The van der Waals surface area contributed by atoms with Crippen LogP contribution in [0.25, 0.3) is 0 Å². The molecule has 3 fully saturated rings. The van der Waals surface area contributed by atoms with Crippen LogP contribution in [0.2, 0.25) is 0 Å². The van der Waals surface area contributed by atoms with E-state index in [1.165, 1.54) is 6.92 Å². The number of hydrogen-bond donors (Lipinski definition) is 9. The van der Waals surface area contributed by atoms with E-state index < -0.39 is 122 Å². The van der Waals surface area contributed by atoms with Crippen molar-refractivity contribution in [1.29, 1.82) is 0 Å². The molecule has 3 aliphatic heterocycles. The van der Waals surface area contributed by atoms with Gasteiger partial charge >= 0.3 is 10.4 Å². The summed E-state index contributed by atoms with van der Waals surface area (Å²) in [6, 6.07) is -1.28. The van der Waals surface area contributed by atoms with Crippen LogP contribution in [0.15, 0.2) is 0 Å². The average molecular weight is 652 g/mol. The summed E-state index contributed by atoms with van der Waals surface area (Å²) < 4.78 is 70.8. The van der Waals surface area contributed by atoms with Gasteiger partial charge in [0.15, 0.2) is 18.9 Å². The molecule has 43 heavy (non-hydrogen) atoms. The Morgan fingerprint density at radius 2 is 1.37 bits per heavy atom. The normalized spacial score (nSPS) is 44.2. The molecule has 0 saturated carbocycles. The standard InChI is InChI=1S/C23H41NO18S/c1-4-5-36-21-12(24-9(3)27)19(41-22-16(31)15(30)13(28)8(2)37-22)18(11(7-26)39-21)40-23-17(32)20(42-43(33,34)35)14(29)10(6-25)38-23/h8,10-23,25-26,28-32H,4-7H2,1-3H3,(H,24,27)(H,33,34,35)/t8-,10+,11+,12+,13+,14-,15+,16-,17+,18+,19+,20-,21+,22-,23-/m0/s1. The molecule has 0 aliphatic carbocycles. The number of aliphatic hydroxyl groups is 7. The first-order valence-electron chi connectivity index (χ1n) is 13.6. The Labute approximate surface area is 247 Å². The van der Waals surface area contributed by atoms with E-state index in [1.807, 2.05) is 0 Å². The number of rotatable bonds is 12. The van der Waals surface area contributed by atoms with Gasteiger partial charge in [0.05, 0.1) is 19.3 Å². The van der Waals surface area contributed by atoms with E-state index in [0.29, 0.717) is 6.42 Å². The SMILES string of the molecule is CCCO[C@@H]1O[C@H](CO)[C@@H](O[C@@H]2O[C@H](CO)[C@H](O)[C@H](OS(=O)(=O)O)[C@H]2O)[C@H](O[C@@H]2O[C@@H](C)[C@@H](O)[C@@H](O)[C@@H]2O)[C@H]1NC(C)=O. The van der Waals surface area contributed by atoms with Crippen molar-refractivity contribution in [3.8, 4) is 0 Å². The Balaban J connectivity index is 2.02. The van der Waals surface area contributed by atoms with Gasteiger partial charge in [0.2, 0.25) is 5.91 Å². The van der Waals surface area contributed by atoms with Crippen molar-refractivity contribution < 1.29 is 86.1 Å². The number of carbonyl (C=O) groups is 1. The van der Waals surface area contributed by atoms with Crippen molar-refractivity contribution in [3.63, 3.8) is 0 Å². The minimum Gasteiger partial charge on any atom is -0.394 e. The van der Waals surface area contributed by atoms with E-state index >= 15 is 0 Å². The lowest BCUT2D eigenvalue weighted by Gasteiger charge is -2.50. The van der Waals surface area contributed by atoms with E-state index in [0.717, 1.165) is 6.92 Å². The molecule has 0 radical (unpaired) electrons. The monoisotopic (exact) mass is 651 g/mol. The van der Waals surface area contributed by atoms with Crippen molar-refractivity contribution >= 4 is 16.3 Å². The molecular formula is C23H41NO18S. The third-order valence-electron chi connectivity index (χ3n) is 7.13. The topological polar surface area (TPSA) is 290 Å². The molecule has 9 N–H and O–H groups in total. The minimum absolute atomic E-state index is 0.122. The number of aliphatic hydroxyl groups excluding tert-OH is 7. The summed E-state index contributed by atoms with van der Waals surface area (Å²) in [5, 5.41) is 74.7. The van der Waals surface area contributed by atoms with Crippen molar-refractivity contribution in [2.45, 2.75) is 119 Å². The van der Waals surface area contributed by atoms with E-state index in [1.54, 1.807) is 6.92 Å². The highest BCUT2D eigenvalue weighted by atomic mass is 32.3. The molecule has 15 atom stereocenters. The molecule has 0 aromatic rings. The molecule has 19 nitrogen and oxygen atoms in total. The molecule has 0 aromatic carbocycles. The summed E-state index contributed by atoms with van der Waals surface area (Å²) >= 11 is 0. The molecule has 3 saturated heterocycles. The van der Waals surface area contributed by atoms with Crippen LogP contribution in [0.3, 0.4) is 0 Å². The van der Waals surface area contributed by atoms with Crippen molar-refractivity contribution in [3.05, 3.63) is 0 Å². The van der Waals surface area contributed by atoms with Gasteiger partial charge in [-0.1, -0.05) is 6.92 Å². The second kappa shape index (κ2) is 15.4. The maximum atomic E-state index is 12.2. The highest BCUT2D eigenvalue weighted by Crippen LogP contribution is 2.34. The number of nitrogens with one attached hydrogen (secondary N) is 1. The Morgan fingerprint density at radius 3 is 1.93 bits per heavy atom. The molecule has 0 bridgehead atoms. The molecule has 3 heterocycles. The van der Waals surface area contributed by atoms with Gasteiger partial charge in [0.25, 0.3) is 0 Å². The fourth-order valence-corrected chi connectivity index (χ4v) is 5.50. The smallest absolute Gasteiger partial charge is 0.394 e. The van der Waals surface area contributed by atoms with Crippen LogP contribution in [0, 0.1) is 0 Å². The summed E-state index contributed by atoms with van der Waals surface area (Å²) in [4.78, 5) is 12.2. The van der Waals surface area contributed by atoms with Crippen LogP contribution >= 0.6 is 0 Å². The van der Waals surface area contributed by atoms with Crippen LogP contribution < -0.4 is 5.32 Å². The number of ether oxygens (including phenoxy) is 6.